The zero-order valence-corrected chi connectivity index (χ0v) is 13.7. The molecule has 3 heteroatoms. The Labute approximate surface area is 137 Å². The highest BCUT2D eigenvalue weighted by Gasteiger charge is 2.21. The summed E-state index contributed by atoms with van der Waals surface area (Å²) in [6.07, 6.45) is 2.97. The van der Waals surface area contributed by atoms with E-state index in [0.717, 1.165) is 19.5 Å². The van der Waals surface area contributed by atoms with Crippen LogP contribution in [0.2, 0.25) is 0 Å². The molecule has 0 amide bonds. The van der Waals surface area contributed by atoms with Gasteiger partial charge in [-0.3, -0.25) is 4.68 Å². The van der Waals surface area contributed by atoms with Crippen LogP contribution in [0.5, 0.6) is 0 Å². The summed E-state index contributed by atoms with van der Waals surface area (Å²) in [5, 5.41) is 4.46. The highest BCUT2D eigenvalue weighted by atomic mass is 15.3. The lowest BCUT2D eigenvalue weighted by Crippen LogP contribution is -2.22. The number of hydrogen-bond donors (Lipinski definition) is 0. The Balaban J connectivity index is 1.76. The molecule has 0 atom stereocenters. The smallest absolute Gasteiger partial charge is 0.0542 e. The second-order valence-electron chi connectivity index (χ2n) is 6.39. The predicted octanol–water partition coefficient (Wildman–Crippen LogP) is 3.84. The van der Waals surface area contributed by atoms with Crippen molar-refractivity contribution in [2.24, 2.45) is 7.05 Å². The van der Waals surface area contributed by atoms with Crippen molar-refractivity contribution in [1.29, 1.82) is 0 Å². The molecule has 0 radical (unpaired) electrons. The predicted molar refractivity (Wildman–Crippen MR) is 93.5 cm³/mol. The molecular weight excluding hydrogens is 282 g/mol. The number of hydrogen-bond acceptors (Lipinski definition) is 2. The second kappa shape index (κ2) is 5.58. The number of rotatable bonds is 2. The lowest BCUT2D eigenvalue weighted by molar-refractivity contribution is 0.723. The Kier molecular flexibility index (Phi) is 3.41. The SMILES string of the molecule is Cc1cccc(CN2Cc3cnn(C)c3Cc3ccccc32)c1. The van der Waals surface area contributed by atoms with E-state index in [-0.39, 0.29) is 0 Å². The lowest BCUT2D eigenvalue weighted by atomic mass is 10.1. The van der Waals surface area contributed by atoms with Gasteiger partial charge in [0.2, 0.25) is 0 Å². The minimum Gasteiger partial charge on any atom is -0.363 e. The topological polar surface area (TPSA) is 21.1 Å². The zero-order chi connectivity index (χ0) is 15.8. The zero-order valence-electron chi connectivity index (χ0n) is 13.7. The van der Waals surface area contributed by atoms with E-state index in [2.05, 4.69) is 65.5 Å². The van der Waals surface area contributed by atoms with Crippen molar-refractivity contribution < 1.29 is 0 Å². The van der Waals surface area contributed by atoms with Gasteiger partial charge >= 0.3 is 0 Å². The molecule has 0 saturated heterocycles. The van der Waals surface area contributed by atoms with Crippen LogP contribution < -0.4 is 4.90 Å². The average molecular weight is 303 g/mol. The Bertz CT molecular complexity index is 848. The van der Waals surface area contributed by atoms with E-state index in [1.54, 1.807) is 0 Å². The fourth-order valence-corrected chi connectivity index (χ4v) is 3.48. The molecule has 1 aliphatic rings. The van der Waals surface area contributed by atoms with E-state index in [1.165, 1.54) is 33.6 Å². The third-order valence-electron chi connectivity index (χ3n) is 4.66. The molecule has 4 rings (SSSR count). The van der Waals surface area contributed by atoms with Crippen molar-refractivity contribution in [3.05, 3.63) is 82.7 Å². The minimum absolute atomic E-state index is 0.911. The van der Waals surface area contributed by atoms with Crippen LogP contribution in [0.3, 0.4) is 0 Å². The largest absolute Gasteiger partial charge is 0.363 e. The van der Waals surface area contributed by atoms with Gasteiger partial charge < -0.3 is 4.90 Å². The highest BCUT2D eigenvalue weighted by molar-refractivity contribution is 5.58. The Morgan fingerprint density at radius 3 is 2.78 bits per heavy atom. The minimum atomic E-state index is 0.911. The lowest BCUT2D eigenvalue weighted by Gasteiger charge is -2.25. The Morgan fingerprint density at radius 2 is 1.91 bits per heavy atom. The van der Waals surface area contributed by atoms with Gasteiger partial charge in [-0.25, -0.2) is 0 Å². The van der Waals surface area contributed by atoms with Crippen molar-refractivity contribution >= 4 is 5.69 Å². The molecule has 0 N–H and O–H groups in total. The van der Waals surface area contributed by atoms with Crippen molar-refractivity contribution in [3.63, 3.8) is 0 Å². The monoisotopic (exact) mass is 303 g/mol. The maximum Gasteiger partial charge on any atom is 0.0542 e. The number of aromatic nitrogens is 2. The highest BCUT2D eigenvalue weighted by Crippen LogP contribution is 2.31. The molecule has 0 spiro atoms. The summed E-state index contributed by atoms with van der Waals surface area (Å²) in [5.41, 5.74) is 8.04. The van der Waals surface area contributed by atoms with Crippen molar-refractivity contribution in [3.8, 4) is 0 Å². The van der Waals surface area contributed by atoms with Crippen LogP contribution in [0.25, 0.3) is 0 Å². The van der Waals surface area contributed by atoms with E-state index in [4.69, 9.17) is 0 Å². The van der Waals surface area contributed by atoms with Gasteiger partial charge in [-0.2, -0.15) is 5.10 Å². The quantitative estimate of drug-likeness (QED) is 0.717. The molecule has 2 aromatic carbocycles. The van der Waals surface area contributed by atoms with Crippen LogP contribution in [0.4, 0.5) is 5.69 Å². The molecule has 3 aromatic rings. The van der Waals surface area contributed by atoms with E-state index < -0.39 is 0 Å². The number of para-hydroxylation sites is 1. The number of aryl methyl sites for hydroxylation is 2. The third-order valence-corrected chi connectivity index (χ3v) is 4.66. The van der Waals surface area contributed by atoms with E-state index >= 15 is 0 Å². The van der Waals surface area contributed by atoms with Gasteiger partial charge in [-0.1, -0.05) is 48.0 Å². The van der Waals surface area contributed by atoms with Crippen molar-refractivity contribution in [2.45, 2.75) is 26.4 Å². The van der Waals surface area contributed by atoms with Crippen molar-refractivity contribution in [1.82, 2.24) is 9.78 Å². The molecule has 0 saturated carbocycles. The summed E-state index contributed by atoms with van der Waals surface area (Å²) in [6.45, 7) is 3.99. The first-order valence-electron chi connectivity index (χ1n) is 8.09. The van der Waals surface area contributed by atoms with Gasteiger partial charge in [-0.15, -0.1) is 0 Å². The molecule has 0 bridgehead atoms. The summed E-state index contributed by atoms with van der Waals surface area (Å²) in [7, 11) is 2.04. The second-order valence-corrected chi connectivity index (χ2v) is 6.39. The third kappa shape index (κ3) is 2.63. The van der Waals surface area contributed by atoms with Gasteiger partial charge in [0.1, 0.15) is 0 Å². The number of benzene rings is 2. The summed E-state index contributed by atoms with van der Waals surface area (Å²) < 4.78 is 2.02. The molecule has 3 nitrogen and oxygen atoms in total. The van der Waals surface area contributed by atoms with Crippen LogP contribution in [0.15, 0.2) is 54.7 Å². The van der Waals surface area contributed by atoms with Crippen LogP contribution in [-0.4, -0.2) is 9.78 Å². The van der Waals surface area contributed by atoms with Crippen LogP contribution in [0, 0.1) is 6.92 Å². The molecule has 0 fully saturated rings. The number of nitrogens with zero attached hydrogens (tertiary/aromatic N) is 3. The van der Waals surface area contributed by atoms with E-state index in [1.807, 2.05) is 17.9 Å². The normalized spacial score (nSPS) is 13.4. The maximum absolute atomic E-state index is 4.46. The van der Waals surface area contributed by atoms with E-state index in [0.29, 0.717) is 0 Å². The van der Waals surface area contributed by atoms with Gasteiger partial charge in [-0.05, 0) is 24.1 Å². The summed E-state index contributed by atoms with van der Waals surface area (Å²) >= 11 is 0. The van der Waals surface area contributed by atoms with Gasteiger partial charge in [0.15, 0.2) is 0 Å². The summed E-state index contributed by atoms with van der Waals surface area (Å²) in [5.74, 6) is 0. The fourth-order valence-electron chi connectivity index (χ4n) is 3.48. The first kappa shape index (κ1) is 14.1. The Morgan fingerprint density at radius 1 is 1.04 bits per heavy atom. The number of anilines is 1. The first-order valence-corrected chi connectivity index (χ1v) is 8.09. The first-order chi connectivity index (χ1) is 11.2. The maximum atomic E-state index is 4.46. The molecule has 1 aromatic heterocycles. The standard InChI is InChI=1S/C20H21N3/c1-15-6-5-7-16(10-15)13-23-14-18-12-21-22(2)20(18)11-17-8-3-4-9-19(17)23/h3-10,12H,11,13-14H2,1-2H3. The van der Waals surface area contributed by atoms with Crippen molar-refractivity contribution in [2.75, 3.05) is 4.90 Å². The van der Waals surface area contributed by atoms with Crippen LogP contribution in [0.1, 0.15) is 27.9 Å². The van der Waals surface area contributed by atoms with Crippen LogP contribution >= 0.6 is 0 Å². The molecule has 1 aliphatic heterocycles. The summed E-state index contributed by atoms with van der Waals surface area (Å²) in [4.78, 5) is 2.47. The van der Waals surface area contributed by atoms with Crippen LogP contribution in [-0.2, 0) is 26.6 Å². The molecule has 0 aliphatic carbocycles. The molecule has 2 heterocycles. The molecule has 23 heavy (non-hydrogen) atoms. The molecule has 116 valence electrons. The average Bonchev–Trinajstić information content (AvgIpc) is 2.79. The number of fused-ring (bicyclic) bond motifs is 2. The Hall–Kier alpha value is -2.55. The fraction of sp³-hybridized carbons (Fsp3) is 0.250. The molecular formula is C20H21N3. The van der Waals surface area contributed by atoms with E-state index in [9.17, 15) is 0 Å². The van der Waals surface area contributed by atoms with Gasteiger partial charge in [0.25, 0.3) is 0 Å². The summed E-state index contributed by atoms with van der Waals surface area (Å²) in [6, 6.07) is 17.5. The van der Waals surface area contributed by atoms with Gasteiger partial charge in [0, 0.05) is 43.5 Å². The van der Waals surface area contributed by atoms with Gasteiger partial charge in [0.05, 0.1) is 6.20 Å². The molecule has 0 unspecified atom stereocenters.